The van der Waals surface area contributed by atoms with Crippen molar-refractivity contribution in [3.05, 3.63) is 91.0 Å². The molecule has 1 aliphatic rings. The smallest absolute Gasteiger partial charge is 0.0709 e. The van der Waals surface area contributed by atoms with Crippen LogP contribution in [-0.4, -0.2) is 4.98 Å². The van der Waals surface area contributed by atoms with E-state index in [1.165, 1.54) is 48.7 Å². The molecule has 6 rings (SSSR count). The first kappa shape index (κ1) is 14.9. The SMILES string of the molecule is c1ccc2c(c1)Sc1ccccc1N2c1cccc2c1[nH]c1ccccc12. The molecule has 2 heterocycles. The topological polar surface area (TPSA) is 19.0 Å². The Balaban J connectivity index is 1.70. The van der Waals surface area contributed by atoms with Crippen molar-refractivity contribution in [2.75, 3.05) is 4.90 Å². The van der Waals surface area contributed by atoms with E-state index in [0.717, 1.165) is 0 Å². The lowest BCUT2D eigenvalue weighted by Crippen LogP contribution is -2.15. The van der Waals surface area contributed by atoms with Gasteiger partial charge in [0.05, 0.1) is 22.6 Å². The summed E-state index contributed by atoms with van der Waals surface area (Å²) in [7, 11) is 0. The largest absolute Gasteiger partial charge is 0.353 e. The summed E-state index contributed by atoms with van der Waals surface area (Å²) in [4.78, 5) is 8.61. The third kappa shape index (κ3) is 2.15. The third-order valence-electron chi connectivity index (χ3n) is 5.19. The quantitative estimate of drug-likeness (QED) is 0.331. The molecule has 0 unspecified atom stereocenters. The summed E-state index contributed by atoms with van der Waals surface area (Å²) in [5, 5.41) is 2.53. The summed E-state index contributed by atoms with van der Waals surface area (Å²) in [6.07, 6.45) is 0. The second-order valence-electron chi connectivity index (χ2n) is 6.74. The van der Waals surface area contributed by atoms with Gasteiger partial charge in [0, 0.05) is 26.1 Å². The fourth-order valence-electron chi connectivity index (χ4n) is 4.01. The molecule has 0 bridgehead atoms. The Labute approximate surface area is 161 Å². The lowest BCUT2D eigenvalue weighted by Gasteiger charge is -2.33. The van der Waals surface area contributed by atoms with Crippen molar-refractivity contribution in [3.8, 4) is 0 Å². The number of nitrogens with one attached hydrogen (secondary N) is 1. The lowest BCUT2D eigenvalue weighted by molar-refractivity contribution is 1.17. The van der Waals surface area contributed by atoms with E-state index in [0.29, 0.717) is 0 Å². The summed E-state index contributed by atoms with van der Waals surface area (Å²) >= 11 is 1.84. The Hall–Kier alpha value is -3.17. The Morgan fingerprint density at radius 1 is 0.556 bits per heavy atom. The molecule has 1 aliphatic heterocycles. The molecule has 0 radical (unpaired) electrons. The maximum absolute atomic E-state index is 3.66. The monoisotopic (exact) mass is 364 g/mol. The number of aromatic nitrogens is 1. The van der Waals surface area contributed by atoms with Gasteiger partial charge in [0.1, 0.15) is 0 Å². The minimum Gasteiger partial charge on any atom is -0.353 e. The van der Waals surface area contributed by atoms with E-state index in [4.69, 9.17) is 0 Å². The van der Waals surface area contributed by atoms with Gasteiger partial charge in [0.15, 0.2) is 0 Å². The molecule has 0 fully saturated rings. The highest BCUT2D eigenvalue weighted by atomic mass is 32.2. The summed E-state index contributed by atoms with van der Waals surface area (Å²) in [5.74, 6) is 0. The maximum atomic E-state index is 3.66. The predicted octanol–water partition coefficient (Wildman–Crippen LogP) is 7.26. The van der Waals surface area contributed by atoms with Gasteiger partial charge in [0.2, 0.25) is 0 Å². The molecular weight excluding hydrogens is 348 g/mol. The molecule has 3 heteroatoms. The van der Waals surface area contributed by atoms with Gasteiger partial charge in [-0.1, -0.05) is 66.4 Å². The Kier molecular flexibility index (Phi) is 3.13. The number of rotatable bonds is 1. The zero-order valence-corrected chi connectivity index (χ0v) is 15.3. The first-order chi connectivity index (χ1) is 13.4. The number of anilines is 3. The van der Waals surface area contributed by atoms with Gasteiger partial charge in [-0.25, -0.2) is 0 Å². The second-order valence-corrected chi connectivity index (χ2v) is 7.83. The van der Waals surface area contributed by atoms with Crippen molar-refractivity contribution in [2.24, 2.45) is 0 Å². The molecule has 0 saturated carbocycles. The fraction of sp³-hybridized carbons (Fsp3) is 0. The van der Waals surface area contributed by atoms with Crippen molar-refractivity contribution >= 4 is 50.6 Å². The number of fused-ring (bicyclic) bond motifs is 5. The lowest BCUT2D eigenvalue weighted by atomic mass is 10.1. The summed E-state index contributed by atoms with van der Waals surface area (Å²) in [6.45, 7) is 0. The predicted molar refractivity (Wildman–Crippen MR) is 115 cm³/mol. The van der Waals surface area contributed by atoms with Gasteiger partial charge < -0.3 is 9.88 Å². The molecule has 0 amide bonds. The normalized spacial score (nSPS) is 13.0. The van der Waals surface area contributed by atoms with Crippen LogP contribution in [0.2, 0.25) is 0 Å². The minimum atomic E-state index is 1.17. The summed E-state index contributed by atoms with van der Waals surface area (Å²) < 4.78 is 0. The van der Waals surface area contributed by atoms with Crippen LogP contribution in [0.5, 0.6) is 0 Å². The highest BCUT2D eigenvalue weighted by Crippen LogP contribution is 2.52. The van der Waals surface area contributed by atoms with Crippen molar-refractivity contribution in [3.63, 3.8) is 0 Å². The molecule has 27 heavy (non-hydrogen) atoms. The van der Waals surface area contributed by atoms with Crippen molar-refractivity contribution in [1.29, 1.82) is 0 Å². The molecular formula is C24H16N2S. The van der Waals surface area contributed by atoms with Crippen molar-refractivity contribution < 1.29 is 0 Å². The van der Waals surface area contributed by atoms with E-state index in [1.807, 2.05) is 11.8 Å². The first-order valence-electron chi connectivity index (χ1n) is 9.06. The number of hydrogen-bond acceptors (Lipinski definition) is 2. The van der Waals surface area contributed by atoms with Gasteiger partial charge in [-0.3, -0.25) is 0 Å². The zero-order chi connectivity index (χ0) is 17.8. The van der Waals surface area contributed by atoms with Gasteiger partial charge in [-0.05, 0) is 36.4 Å². The number of para-hydroxylation sites is 4. The van der Waals surface area contributed by atoms with Crippen LogP contribution in [0, 0.1) is 0 Å². The minimum absolute atomic E-state index is 1.17. The van der Waals surface area contributed by atoms with E-state index in [2.05, 4.69) is 101 Å². The van der Waals surface area contributed by atoms with E-state index in [9.17, 15) is 0 Å². The van der Waals surface area contributed by atoms with E-state index in [1.54, 1.807) is 0 Å². The molecule has 0 aliphatic carbocycles. The fourth-order valence-corrected chi connectivity index (χ4v) is 5.07. The van der Waals surface area contributed by atoms with Crippen molar-refractivity contribution in [2.45, 2.75) is 9.79 Å². The molecule has 2 nitrogen and oxygen atoms in total. The third-order valence-corrected chi connectivity index (χ3v) is 6.32. The van der Waals surface area contributed by atoms with Crippen LogP contribution in [0.3, 0.4) is 0 Å². The molecule has 0 atom stereocenters. The van der Waals surface area contributed by atoms with Gasteiger partial charge in [-0.2, -0.15) is 0 Å². The molecule has 128 valence electrons. The number of nitrogens with zero attached hydrogens (tertiary/aromatic N) is 1. The summed E-state index contributed by atoms with van der Waals surface area (Å²) in [5.41, 5.74) is 5.99. The van der Waals surface area contributed by atoms with E-state index >= 15 is 0 Å². The van der Waals surface area contributed by atoms with Crippen LogP contribution in [0.4, 0.5) is 17.1 Å². The number of aromatic amines is 1. The first-order valence-corrected chi connectivity index (χ1v) is 9.87. The van der Waals surface area contributed by atoms with E-state index in [-0.39, 0.29) is 0 Å². The van der Waals surface area contributed by atoms with Crippen LogP contribution in [-0.2, 0) is 0 Å². The van der Waals surface area contributed by atoms with Crippen molar-refractivity contribution in [1.82, 2.24) is 4.98 Å². The molecule has 1 N–H and O–H groups in total. The average Bonchev–Trinajstić information content (AvgIpc) is 3.11. The molecule has 1 aromatic heterocycles. The standard InChI is InChI=1S/C24H16N2S/c1-2-10-18-16(8-1)17-9-7-13-21(24(17)25-18)26-19-11-3-5-14-22(19)27-23-15-6-4-12-20(23)26/h1-15,25H. The van der Waals surface area contributed by atoms with Crippen LogP contribution >= 0.6 is 11.8 Å². The Bertz CT molecular complexity index is 1270. The summed E-state index contributed by atoms with van der Waals surface area (Å²) in [6, 6.07) is 32.4. The number of benzene rings is 4. The number of hydrogen-bond donors (Lipinski definition) is 1. The number of H-pyrrole nitrogens is 1. The molecule has 0 spiro atoms. The van der Waals surface area contributed by atoms with Crippen LogP contribution < -0.4 is 4.90 Å². The van der Waals surface area contributed by atoms with Crippen LogP contribution in [0.15, 0.2) is 101 Å². The van der Waals surface area contributed by atoms with Gasteiger partial charge in [0.25, 0.3) is 0 Å². The van der Waals surface area contributed by atoms with Crippen LogP contribution in [0.1, 0.15) is 0 Å². The molecule has 0 saturated heterocycles. The highest BCUT2D eigenvalue weighted by molar-refractivity contribution is 7.99. The Morgan fingerprint density at radius 2 is 1.15 bits per heavy atom. The Morgan fingerprint density at radius 3 is 1.93 bits per heavy atom. The second kappa shape index (κ2) is 5.66. The van der Waals surface area contributed by atoms with Gasteiger partial charge in [-0.15, -0.1) is 0 Å². The zero-order valence-electron chi connectivity index (χ0n) is 14.5. The average molecular weight is 364 g/mol. The van der Waals surface area contributed by atoms with E-state index < -0.39 is 0 Å². The molecule has 5 aromatic rings. The molecule has 4 aromatic carbocycles. The highest BCUT2D eigenvalue weighted by Gasteiger charge is 2.25. The van der Waals surface area contributed by atoms with Crippen LogP contribution in [0.25, 0.3) is 21.8 Å². The van der Waals surface area contributed by atoms with Gasteiger partial charge >= 0.3 is 0 Å². The maximum Gasteiger partial charge on any atom is 0.0709 e.